The Bertz CT molecular complexity index is 777. The molecule has 0 bridgehead atoms. The van der Waals surface area contributed by atoms with Gasteiger partial charge in [0, 0.05) is 31.6 Å². The highest BCUT2D eigenvalue weighted by atomic mass is 16.5. The lowest BCUT2D eigenvalue weighted by Gasteiger charge is -2.28. The molecule has 0 aromatic carbocycles. The highest BCUT2D eigenvalue weighted by Crippen LogP contribution is 2.40. The smallest absolute Gasteiger partial charge is 0.316 e. The standard InChI is InChI=1S/C23H33NO7/c1-15(5-7-19(25)30-13-10-24-8-11-29-12-9-24)4-6-17-21(26)20-18(14-31-23(20)27)16(2)22(17)28-3/h4,20-21,26H,5-14H2,1-3H3/b15-4+. The predicted molar refractivity (Wildman–Crippen MR) is 113 cm³/mol. The van der Waals surface area contributed by atoms with Gasteiger partial charge in [0.15, 0.2) is 0 Å². The number of allylic oxidation sites excluding steroid dienone is 3. The van der Waals surface area contributed by atoms with Crippen molar-refractivity contribution in [2.45, 2.75) is 39.2 Å². The first-order valence-electron chi connectivity index (χ1n) is 10.9. The molecule has 2 heterocycles. The number of esters is 2. The highest BCUT2D eigenvalue weighted by Gasteiger charge is 2.44. The first-order chi connectivity index (χ1) is 14.9. The zero-order chi connectivity index (χ0) is 22.4. The normalized spacial score (nSPS) is 24.9. The Morgan fingerprint density at radius 3 is 2.74 bits per heavy atom. The quantitative estimate of drug-likeness (QED) is 0.432. The van der Waals surface area contributed by atoms with Gasteiger partial charge < -0.3 is 24.1 Å². The zero-order valence-corrected chi connectivity index (χ0v) is 18.6. The Balaban J connectivity index is 1.49. The van der Waals surface area contributed by atoms with Crippen LogP contribution in [0.1, 0.15) is 33.1 Å². The number of hydrogen-bond donors (Lipinski definition) is 1. The summed E-state index contributed by atoms with van der Waals surface area (Å²) in [6.07, 6.45) is 2.33. The molecular formula is C23H33NO7. The van der Waals surface area contributed by atoms with Crippen LogP contribution in [0.4, 0.5) is 0 Å². The molecule has 2 unspecified atom stereocenters. The maximum absolute atomic E-state index is 12.1. The number of methoxy groups -OCH3 is 1. The Kier molecular flexibility index (Phi) is 8.28. The maximum atomic E-state index is 12.1. The van der Waals surface area contributed by atoms with E-state index in [-0.39, 0.29) is 12.6 Å². The first-order valence-corrected chi connectivity index (χ1v) is 10.9. The summed E-state index contributed by atoms with van der Waals surface area (Å²) in [7, 11) is 1.56. The molecule has 172 valence electrons. The minimum Gasteiger partial charge on any atom is -0.496 e. The molecule has 1 N–H and O–H groups in total. The van der Waals surface area contributed by atoms with Crippen molar-refractivity contribution in [2.24, 2.45) is 5.92 Å². The Morgan fingerprint density at radius 1 is 1.29 bits per heavy atom. The summed E-state index contributed by atoms with van der Waals surface area (Å²) < 4.78 is 21.3. The van der Waals surface area contributed by atoms with Crippen molar-refractivity contribution >= 4 is 11.9 Å². The summed E-state index contributed by atoms with van der Waals surface area (Å²) in [5.41, 5.74) is 3.33. The number of nitrogens with zero attached hydrogens (tertiary/aromatic N) is 1. The van der Waals surface area contributed by atoms with E-state index < -0.39 is 18.0 Å². The molecule has 0 amide bonds. The van der Waals surface area contributed by atoms with Crippen molar-refractivity contribution in [1.82, 2.24) is 4.90 Å². The second kappa shape index (κ2) is 10.9. The second-order valence-electron chi connectivity index (χ2n) is 8.17. The van der Waals surface area contributed by atoms with Gasteiger partial charge in [-0.2, -0.15) is 0 Å². The second-order valence-corrected chi connectivity index (χ2v) is 8.17. The molecule has 31 heavy (non-hydrogen) atoms. The van der Waals surface area contributed by atoms with Crippen molar-refractivity contribution in [3.05, 3.63) is 34.1 Å². The van der Waals surface area contributed by atoms with Gasteiger partial charge >= 0.3 is 11.9 Å². The van der Waals surface area contributed by atoms with E-state index >= 15 is 0 Å². The number of cyclic esters (lactones) is 1. The zero-order valence-electron chi connectivity index (χ0n) is 18.6. The SMILES string of the molecule is COC1=C(C/C=C(\C)CCC(=O)OCCN2CCOCC2)C(O)C2C(=O)OCC2=C1C. The molecule has 2 fully saturated rings. The number of fused-ring (bicyclic) bond motifs is 1. The van der Waals surface area contributed by atoms with Gasteiger partial charge in [0.1, 0.15) is 24.9 Å². The van der Waals surface area contributed by atoms with Crippen LogP contribution in [0.5, 0.6) is 0 Å². The lowest BCUT2D eigenvalue weighted by Crippen LogP contribution is -2.38. The van der Waals surface area contributed by atoms with Gasteiger partial charge in [-0.3, -0.25) is 14.5 Å². The lowest BCUT2D eigenvalue weighted by atomic mass is 9.80. The molecule has 0 aromatic rings. The van der Waals surface area contributed by atoms with Crippen molar-refractivity contribution in [3.8, 4) is 0 Å². The number of carbonyl (C=O) groups excluding carboxylic acids is 2. The number of rotatable bonds is 9. The summed E-state index contributed by atoms with van der Waals surface area (Å²) in [4.78, 5) is 26.3. The Labute approximate surface area is 183 Å². The molecule has 3 rings (SSSR count). The van der Waals surface area contributed by atoms with E-state index in [1.807, 2.05) is 19.9 Å². The average Bonchev–Trinajstić information content (AvgIpc) is 3.16. The summed E-state index contributed by atoms with van der Waals surface area (Å²) in [5, 5.41) is 10.8. The topological polar surface area (TPSA) is 94.5 Å². The number of ether oxygens (including phenoxy) is 4. The number of hydrogen-bond acceptors (Lipinski definition) is 8. The number of morpholine rings is 1. The van der Waals surface area contributed by atoms with Gasteiger partial charge in [-0.1, -0.05) is 11.6 Å². The summed E-state index contributed by atoms with van der Waals surface area (Å²) >= 11 is 0. The van der Waals surface area contributed by atoms with Crippen molar-refractivity contribution in [2.75, 3.05) is 53.2 Å². The Hall–Kier alpha value is -2.16. The fourth-order valence-corrected chi connectivity index (χ4v) is 4.22. The largest absolute Gasteiger partial charge is 0.496 e. The van der Waals surface area contributed by atoms with Gasteiger partial charge in [0.2, 0.25) is 0 Å². The van der Waals surface area contributed by atoms with Crippen LogP contribution < -0.4 is 0 Å². The minimum absolute atomic E-state index is 0.203. The average molecular weight is 436 g/mol. The van der Waals surface area contributed by atoms with Gasteiger partial charge in [-0.05, 0) is 37.8 Å². The fourth-order valence-electron chi connectivity index (χ4n) is 4.22. The summed E-state index contributed by atoms with van der Waals surface area (Å²) in [6.45, 7) is 8.36. The third kappa shape index (κ3) is 5.75. The molecule has 2 aliphatic heterocycles. The van der Waals surface area contributed by atoms with Crippen molar-refractivity contribution in [3.63, 3.8) is 0 Å². The first kappa shape index (κ1) is 23.5. The molecule has 8 heteroatoms. The van der Waals surface area contributed by atoms with Gasteiger partial charge in [0.05, 0.1) is 26.4 Å². The van der Waals surface area contributed by atoms with E-state index in [1.165, 1.54) is 0 Å². The molecule has 0 radical (unpaired) electrons. The fraction of sp³-hybridized carbons (Fsp3) is 0.652. The lowest BCUT2D eigenvalue weighted by molar-refractivity contribution is -0.144. The third-order valence-corrected chi connectivity index (χ3v) is 6.16. The van der Waals surface area contributed by atoms with Crippen molar-refractivity contribution in [1.29, 1.82) is 0 Å². The highest BCUT2D eigenvalue weighted by molar-refractivity contribution is 5.82. The minimum atomic E-state index is -0.960. The molecule has 2 saturated heterocycles. The summed E-state index contributed by atoms with van der Waals surface area (Å²) in [6, 6.07) is 0. The van der Waals surface area contributed by atoms with Crippen molar-refractivity contribution < 1.29 is 33.6 Å². The maximum Gasteiger partial charge on any atom is 0.316 e. The van der Waals surface area contributed by atoms with Gasteiger partial charge in [-0.25, -0.2) is 0 Å². The van der Waals surface area contributed by atoms with Gasteiger partial charge in [-0.15, -0.1) is 0 Å². The molecule has 0 spiro atoms. The molecule has 2 atom stereocenters. The van der Waals surface area contributed by atoms with Crippen LogP contribution >= 0.6 is 0 Å². The van der Waals surface area contributed by atoms with Crippen LogP contribution in [0, 0.1) is 5.92 Å². The number of aliphatic hydroxyl groups excluding tert-OH is 1. The molecule has 0 saturated carbocycles. The van der Waals surface area contributed by atoms with E-state index in [1.54, 1.807) is 7.11 Å². The third-order valence-electron chi connectivity index (χ3n) is 6.16. The van der Waals surface area contributed by atoms with E-state index in [2.05, 4.69) is 4.90 Å². The molecular weight excluding hydrogens is 402 g/mol. The van der Waals surface area contributed by atoms with Crippen LogP contribution in [0.2, 0.25) is 0 Å². The molecule has 1 aliphatic carbocycles. The summed E-state index contributed by atoms with van der Waals surface area (Å²) in [5.74, 6) is -0.643. The van der Waals surface area contributed by atoms with E-state index in [0.29, 0.717) is 37.2 Å². The predicted octanol–water partition coefficient (Wildman–Crippen LogP) is 1.74. The van der Waals surface area contributed by atoms with Crippen LogP contribution in [-0.2, 0) is 28.5 Å². The number of aliphatic hydroxyl groups is 1. The Morgan fingerprint density at radius 2 is 2.03 bits per heavy atom. The molecule has 0 aromatic heterocycles. The van der Waals surface area contributed by atoms with E-state index in [9.17, 15) is 14.7 Å². The van der Waals surface area contributed by atoms with E-state index in [0.717, 1.165) is 49.6 Å². The monoisotopic (exact) mass is 435 g/mol. The van der Waals surface area contributed by atoms with E-state index in [4.69, 9.17) is 18.9 Å². The van der Waals surface area contributed by atoms with Crippen LogP contribution in [0.15, 0.2) is 34.1 Å². The molecule has 3 aliphatic rings. The molecule has 8 nitrogen and oxygen atoms in total. The van der Waals surface area contributed by atoms with Crippen LogP contribution in [0.3, 0.4) is 0 Å². The van der Waals surface area contributed by atoms with Gasteiger partial charge in [0.25, 0.3) is 0 Å². The van der Waals surface area contributed by atoms with Crippen LogP contribution in [0.25, 0.3) is 0 Å². The number of carbonyl (C=O) groups is 2. The van der Waals surface area contributed by atoms with Crippen LogP contribution in [-0.4, -0.2) is 81.2 Å².